The van der Waals surface area contributed by atoms with Gasteiger partial charge in [-0.15, -0.1) is 0 Å². The minimum atomic E-state index is -4.46. The lowest BCUT2D eigenvalue weighted by Crippen LogP contribution is -2.51. The molecule has 3 fully saturated rings. The number of alkyl halides is 3. The van der Waals surface area contributed by atoms with Gasteiger partial charge in [0.05, 0.1) is 12.0 Å². The number of nitrogens with zero attached hydrogens (tertiary/aromatic N) is 2. The monoisotopic (exact) mass is 465 g/mol. The van der Waals surface area contributed by atoms with Crippen molar-refractivity contribution < 1.29 is 22.8 Å². The predicted octanol–water partition coefficient (Wildman–Crippen LogP) is 3.87. The van der Waals surface area contributed by atoms with E-state index in [1.165, 1.54) is 12.1 Å². The normalized spacial score (nSPS) is 25.5. The summed E-state index contributed by atoms with van der Waals surface area (Å²) in [5.74, 6) is 0.763. The fraction of sp³-hybridized carbons (Fsp3) is 0.680. The van der Waals surface area contributed by atoms with Crippen LogP contribution in [0.25, 0.3) is 0 Å². The molecule has 2 amide bonds. The first-order chi connectivity index (χ1) is 15.7. The Labute approximate surface area is 193 Å². The van der Waals surface area contributed by atoms with Crippen molar-refractivity contribution in [2.75, 3.05) is 26.2 Å². The van der Waals surface area contributed by atoms with Gasteiger partial charge in [0.25, 0.3) is 0 Å². The topological polar surface area (TPSA) is 52.7 Å². The summed E-state index contributed by atoms with van der Waals surface area (Å²) in [6, 6.07) is 6.04. The van der Waals surface area contributed by atoms with Crippen LogP contribution in [0.5, 0.6) is 0 Å². The highest BCUT2D eigenvalue weighted by Gasteiger charge is 2.36. The molecular formula is C25H34F3N3O2. The summed E-state index contributed by atoms with van der Waals surface area (Å²) in [5, 5.41) is 3.19. The van der Waals surface area contributed by atoms with Gasteiger partial charge < -0.3 is 15.1 Å². The quantitative estimate of drug-likeness (QED) is 0.719. The maximum atomic E-state index is 13.2. The number of nitrogens with one attached hydrogen (secondary N) is 1. The summed E-state index contributed by atoms with van der Waals surface area (Å²) < 4.78 is 39.7. The van der Waals surface area contributed by atoms with Crippen molar-refractivity contribution in [2.45, 2.75) is 70.1 Å². The van der Waals surface area contributed by atoms with Crippen molar-refractivity contribution in [1.29, 1.82) is 0 Å². The average molecular weight is 466 g/mol. The van der Waals surface area contributed by atoms with E-state index in [2.05, 4.69) is 17.1 Å². The SMILES string of the molecule is CC1CC(NC(=O)C2CCN(C3CCN(C(=O)Cc4ccccc4C(F)(F)F)CC3)CC2)C1. The van der Waals surface area contributed by atoms with Crippen molar-refractivity contribution in [2.24, 2.45) is 11.8 Å². The van der Waals surface area contributed by atoms with E-state index in [9.17, 15) is 22.8 Å². The zero-order valence-corrected chi connectivity index (χ0v) is 19.2. The Bertz CT molecular complexity index is 838. The largest absolute Gasteiger partial charge is 0.416 e. The number of likely N-dealkylation sites (tertiary alicyclic amines) is 2. The summed E-state index contributed by atoms with van der Waals surface area (Å²) >= 11 is 0. The lowest BCUT2D eigenvalue weighted by atomic mass is 9.81. The Hall–Kier alpha value is -2.09. The molecule has 8 heteroatoms. The van der Waals surface area contributed by atoms with Gasteiger partial charge in [0.1, 0.15) is 0 Å². The summed E-state index contributed by atoms with van der Waals surface area (Å²) in [5.41, 5.74) is -0.694. The fourth-order valence-electron chi connectivity index (χ4n) is 5.57. The van der Waals surface area contributed by atoms with Gasteiger partial charge in [-0.3, -0.25) is 9.59 Å². The maximum absolute atomic E-state index is 13.2. The Morgan fingerprint density at radius 3 is 2.24 bits per heavy atom. The second kappa shape index (κ2) is 10.0. The first-order valence-electron chi connectivity index (χ1n) is 12.2. The molecule has 182 valence electrons. The van der Waals surface area contributed by atoms with E-state index in [0.717, 1.165) is 57.7 Å². The summed E-state index contributed by atoms with van der Waals surface area (Å²) in [4.78, 5) is 29.3. The smallest absolute Gasteiger partial charge is 0.353 e. The molecule has 1 aromatic rings. The second-order valence-electron chi connectivity index (χ2n) is 10.0. The molecule has 33 heavy (non-hydrogen) atoms. The van der Waals surface area contributed by atoms with E-state index >= 15 is 0 Å². The van der Waals surface area contributed by atoms with Crippen molar-refractivity contribution in [3.05, 3.63) is 35.4 Å². The molecule has 0 radical (unpaired) electrons. The van der Waals surface area contributed by atoms with Gasteiger partial charge in [-0.2, -0.15) is 13.2 Å². The van der Waals surface area contributed by atoms with E-state index < -0.39 is 11.7 Å². The fourth-order valence-corrected chi connectivity index (χ4v) is 5.57. The lowest BCUT2D eigenvalue weighted by Gasteiger charge is -2.42. The van der Waals surface area contributed by atoms with Gasteiger partial charge in [-0.05, 0) is 69.2 Å². The van der Waals surface area contributed by atoms with E-state index in [1.807, 2.05) is 0 Å². The van der Waals surface area contributed by atoms with Crippen LogP contribution in [-0.2, 0) is 22.2 Å². The van der Waals surface area contributed by atoms with Crippen LogP contribution in [0.15, 0.2) is 24.3 Å². The highest BCUT2D eigenvalue weighted by molar-refractivity contribution is 5.79. The van der Waals surface area contributed by atoms with Crippen LogP contribution in [0.1, 0.15) is 56.6 Å². The standard InChI is InChI=1S/C25H34F3N3O2/c1-17-14-20(15-17)29-24(33)18-6-10-30(11-7-18)21-8-12-31(13-9-21)23(32)16-19-4-2-3-5-22(19)25(26,27)28/h2-5,17-18,20-21H,6-16H2,1H3,(H,29,33). The van der Waals surface area contributed by atoms with Gasteiger partial charge in [0.2, 0.25) is 11.8 Å². The lowest BCUT2D eigenvalue weighted by molar-refractivity contribution is -0.139. The first-order valence-corrected chi connectivity index (χ1v) is 12.2. The number of carbonyl (C=O) groups excluding carboxylic acids is 2. The number of rotatable bonds is 5. The molecule has 4 rings (SSSR count). The van der Waals surface area contributed by atoms with Gasteiger partial charge in [-0.1, -0.05) is 25.1 Å². The Kier molecular flexibility index (Phi) is 7.31. The Balaban J connectivity index is 1.21. The third-order valence-corrected chi connectivity index (χ3v) is 7.62. The predicted molar refractivity (Wildman–Crippen MR) is 119 cm³/mol. The molecule has 3 aliphatic rings. The van der Waals surface area contributed by atoms with Crippen LogP contribution in [-0.4, -0.2) is 59.9 Å². The summed E-state index contributed by atoms with van der Waals surface area (Å²) in [6.45, 7) is 5.12. The van der Waals surface area contributed by atoms with Crippen molar-refractivity contribution in [1.82, 2.24) is 15.1 Å². The van der Waals surface area contributed by atoms with Gasteiger partial charge >= 0.3 is 6.18 Å². The minimum absolute atomic E-state index is 0.0360. The first kappa shape index (κ1) is 24.0. The molecule has 1 saturated carbocycles. The number of hydrogen-bond acceptors (Lipinski definition) is 3. The number of benzene rings is 1. The van der Waals surface area contributed by atoms with E-state index in [1.54, 1.807) is 11.0 Å². The Morgan fingerprint density at radius 2 is 1.64 bits per heavy atom. The molecule has 2 saturated heterocycles. The van der Waals surface area contributed by atoms with Crippen LogP contribution < -0.4 is 5.32 Å². The van der Waals surface area contributed by atoms with Crippen LogP contribution >= 0.6 is 0 Å². The van der Waals surface area contributed by atoms with Crippen molar-refractivity contribution in [3.8, 4) is 0 Å². The molecule has 0 unspecified atom stereocenters. The molecule has 0 bridgehead atoms. The van der Waals surface area contributed by atoms with Crippen molar-refractivity contribution >= 4 is 11.8 Å². The molecule has 0 aromatic heterocycles. The molecule has 2 aliphatic heterocycles. The minimum Gasteiger partial charge on any atom is -0.353 e. The molecule has 1 aromatic carbocycles. The molecule has 0 spiro atoms. The maximum Gasteiger partial charge on any atom is 0.416 e. The van der Waals surface area contributed by atoms with E-state index in [0.29, 0.717) is 31.1 Å². The number of hydrogen-bond donors (Lipinski definition) is 1. The second-order valence-corrected chi connectivity index (χ2v) is 10.0. The molecule has 0 atom stereocenters. The van der Waals surface area contributed by atoms with Crippen LogP contribution in [0.2, 0.25) is 0 Å². The Morgan fingerprint density at radius 1 is 1.00 bits per heavy atom. The van der Waals surface area contributed by atoms with Crippen LogP contribution in [0.4, 0.5) is 13.2 Å². The number of halogens is 3. The van der Waals surface area contributed by atoms with E-state index in [-0.39, 0.29) is 29.7 Å². The number of piperidine rings is 2. The number of amides is 2. The van der Waals surface area contributed by atoms with Crippen LogP contribution in [0.3, 0.4) is 0 Å². The zero-order valence-electron chi connectivity index (χ0n) is 19.2. The molecular weight excluding hydrogens is 431 g/mol. The summed E-state index contributed by atoms with van der Waals surface area (Å²) in [6.07, 6.45) is 0.868. The highest BCUT2D eigenvalue weighted by atomic mass is 19.4. The van der Waals surface area contributed by atoms with Gasteiger partial charge in [0.15, 0.2) is 0 Å². The van der Waals surface area contributed by atoms with Crippen LogP contribution in [0, 0.1) is 11.8 Å². The van der Waals surface area contributed by atoms with E-state index in [4.69, 9.17) is 0 Å². The molecule has 1 N–H and O–H groups in total. The zero-order chi connectivity index (χ0) is 23.6. The van der Waals surface area contributed by atoms with Gasteiger partial charge in [0, 0.05) is 31.1 Å². The summed E-state index contributed by atoms with van der Waals surface area (Å²) in [7, 11) is 0. The molecule has 1 aliphatic carbocycles. The number of carbonyl (C=O) groups is 2. The third kappa shape index (κ3) is 5.89. The third-order valence-electron chi connectivity index (χ3n) is 7.62. The van der Waals surface area contributed by atoms with Gasteiger partial charge in [-0.25, -0.2) is 0 Å². The van der Waals surface area contributed by atoms with Crippen molar-refractivity contribution in [3.63, 3.8) is 0 Å². The highest BCUT2D eigenvalue weighted by Crippen LogP contribution is 2.33. The molecule has 5 nitrogen and oxygen atoms in total. The molecule has 2 heterocycles. The average Bonchev–Trinajstić information content (AvgIpc) is 2.78.